The first-order valence-corrected chi connectivity index (χ1v) is 13.6. The van der Waals surface area contributed by atoms with Crippen LogP contribution in [0.4, 0.5) is 5.69 Å². The summed E-state index contributed by atoms with van der Waals surface area (Å²) in [5, 5.41) is 6.85. The number of benzene rings is 2. The Labute approximate surface area is 241 Å². The molecule has 0 saturated carbocycles. The number of methoxy groups -OCH3 is 3. The zero-order chi connectivity index (χ0) is 29.1. The van der Waals surface area contributed by atoms with Crippen LogP contribution in [0.25, 0.3) is 16.9 Å². The monoisotopic (exact) mass is 570 g/mol. The summed E-state index contributed by atoms with van der Waals surface area (Å²) in [4.78, 5) is 23.5. The first kappa shape index (κ1) is 27.7. The zero-order valence-electron chi connectivity index (χ0n) is 23.7. The van der Waals surface area contributed by atoms with E-state index in [2.05, 4.69) is 4.98 Å². The largest absolute Gasteiger partial charge is 0.493 e. The van der Waals surface area contributed by atoms with Crippen molar-refractivity contribution in [2.24, 2.45) is 17.1 Å². The number of hydrogen-bond donors (Lipinski definition) is 0. The van der Waals surface area contributed by atoms with Gasteiger partial charge in [-0.3, -0.25) is 14.5 Å². The Morgan fingerprint density at radius 1 is 0.951 bits per heavy atom. The Hall–Kier alpha value is -4.90. The van der Waals surface area contributed by atoms with E-state index < -0.39 is 0 Å². The highest BCUT2D eigenvalue weighted by Crippen LogP contribution is 2.41. The number of thiazole rings is 1. The number of nitrogens with zero attached hydrogens (tertiary/aromatic N) is 6. The molecule has 5 aromatic rings. The van der Waals surface area contributed by atoms with E-state index >= 15 is 0 Å². The molecule has 0 bridgehead atoms. The smallest absolute Gasteiger partial charge is 0.297 e. The van der Waals surface area contributed by atoms with Crippen LogP contribution in [0.2, 0.25) is 0 Å². The number of hydrogen-bond acceptors (Lipinski definition) is 8. The lowest BCUT2D eigenvalue weighted by Crippen LogP contribution is -2.20. The van der Waals surface area contributed by atoms with Gasteiger partial charge in [-0.1, -0.05) is 24.3 Å². The van der Waals surface area contributed by atoms with Crippen molar-refractivity contribution in [1.29, 1.82) is 0 Å². The number of rotatable bonds is 8. The van der Waals surface area contributed by atoms with Crippen LogP contribution in [0.15, 0.2) is 87.1 Å². The van der Waals surface area contributed by atoms with Crippen molar-refractivity contribution in [2.75, 3.05) is 21.3 Å². The van der Waals surface area contributed by atoms with Crippen molar-refractivity contribution < 1.29 is 14.2 Å². The molecule has 3 heterocycles. The molecule has 0 fully saturated rings. The average molecular weight is 571 g/mol. The molecule has 0 aliphatic heterocycles. The van der Waals surface area contributed by atoms with E-state index in [0.717, 1.165) is 28.3 Å². The molecular formula is C30H30N6O4S. The highest BCUT2D eigenvalue weighted by atomic mass is 32.1. The summed E-state index contributed by atoms with van der Waals surface area (Å²) in [5.41, 5.74) is 4.46. The van der Waals surface area contributed by atoms with Crippen molar-refractivity contribution in [3.8, 4) is 34.2 Å². The number of pyridine rings is 1. The van der Waals surface area contributed by atoms with Crippen LogP contribution in [-0.4, -0.2) is 46.1 Å². The molecule has 0 saturated heterocycles. The summed E-state index contributed by atoms with van der Waals surface area (Å²) in [6.07, 6.45) is 1.72. The highest BCUT2D eigenvalue weighted by molar-refractivity contribution is 7.07. The van der Waals surface area contributed by atoms with Gasteiger partial charge in [-0.25, -0.2) is 14.4 Å². The molecule has 0 aliphatic rings. The maximum atomic E-state index is 13.6. The van der Waals surface area contributed by atoms with Crippen LogP contribution < -0.4 is 24.6 Å². The molecule has 2 aromatic carbocycles. The molecule has 0 spiro atoms. The second kappa shape index (κ2) is 11.7. The van der Waals surface area contributed by atoms with Crippen molar-refractivity contribution in [3.05, 3.63) is 98.8 Å². The molecule has 0 unspecified atom stereocenters. The zero-order valence-corrected chi connectivity index (χ0v) is 24.5. The van der Waals surface area contributed by atoms with Gasteiger partial charge in [0.05, 0.1) is 49.8 Å². The van der Waals surface area contributed by atoms with Crippen molar-refractivity contribution >= 4 is 22.7 Å². The topological polar surface area (TPSA) is 97.2 Å². The number of ether oxygens (including phenoxy) is 3. The van der Waals surface area contributed by atoms with Crippen LogP contribution in [-0.2, 0) is 7.05 Å². The van der Waals surface area contributed by atoms with E-state index in [9.17, 15) is 4.79 Å². The van der Waals surface area contributed by atoms with Crippen LogP contribution in [0.5, 0.6) is 17.2 Å². The van der Waals surface area contributed by atoms with E-state index in [4.69, 9.17) is 24.3 Å². The Morgan fingerprint density at radius 3 is 2.24 bits per heavy atom. The Morgan fingerprint density at radius 2 is 1.63 bits per heavy atom. The summed E-state index contributed by atoms with van der Waals surface area (Å²) in [6, 6.07) is 18.8. The van der Waals surface area contributed by atoms with Gasteiger partial charge in [0.2, 0.25) is 10.6 Å². The Balaban J connectivity index is 1.77. The molecule has 10 nitrogen and oxygen atoms in total. The summed E-state index contributed by atoms with van der Waals surface area (Å²) in [7, 11) is 6.55. The van der Waals surface area contributed by atoms with E-state index in [-0.39, 0.29) is 5.56 Å². The maximum absolute atomic E-state index is 13.6. The lowest BCUT2D eigenvalue weighted by atomic mass is 10.1. The van der Waals surface area contributed by atoms with E-state index in [1.807, 2.05) is 86.9 Å². The number of para-hydroxylation sites is 1. The third-order valence-electron chi connectivity index (χ3n) is 6.66. The van der Waals surface area contributed by atoms with Gasteiger partial charge >= 0.3 is 0 Å². The Kier molecular flexibility index (Phi) is 7.88. The van der Waals surface area contributed by atoms with Crippen molar-refractivity contribution in [3.63, 3.8) is 0 Å². The standard InChI is InChI=1S/C30H30N6O4S/c1-19(23-14-10-11-15-31-23)33-35-24(21-16-25(38-4)28(40-6)26(17-21)39-5)18-41-30(35)32-27-20(2)34(3)36(29(27)37)22-12-8-7-9-13-22/h7-18H,1-6H3. The fourth-order valence-corrected chi connectivity index (χ4v) is 5.29. The van der Waals surface area contributed by atoms with Gasteiger partial charge in [-0.15, -0.1) is 11.3 Å². The van der Waals surface area contributed by atoms with Crippen molar-refractivity contribution in [2.45, 2.75) is 13.8 Å². The third kappa shape index (κ3) is 5.19. The average Bonchev–Trinajstić information content (AvgIpc) is 3.49. The van der Waals surface area contributed by atoms with Crippen LogP contribution in [0, 0.1) is 6.92 Å². The molecule has 0 aliphatic carbocycles. The molecule has 0 amide bonds. The molecule has 11 heteroatoms. The van der Waals surface area contributed by atoms with Gasteiger partial charge < -0.3 is 14.2 Å². The molecule has 0 radical (unpaired) electrons. The first-order chi connectivity index (χ1) is 19.9. The summed E-state index contributed by atoms with van der Waals surface area (Å²) in [6.45, 7) is 3.76. The summed E-state index contributed by atoms with van der Waals surface area (Å²) in [5.74, 6) is 1.50. The second-order valence-corrected chi connectivity index (χ2v) is 9.89. The summed E-state index contributed by atoms with van der Waals surface area (Å²) >= 11 is 1.37. The van der Waals surface area contributed by atoms with Crippen LogP contribution in [0.3, 0.4) is 0 Å². The molecule has 5 rings (SSSR count). The molecule has 41 heavy (non-hydrogen) atoms. The van der Waals surface area contributed by atoms with Gasteiger partial charge in [-0.05, 0) is 50.2 Å². The van der Waals surface area contributed by atoms with Crippen LogP contribution in [0.1, 0.15) is 18.3 Å². The SMILES string of the molecule is COc1cc(-c2csc(=Nc3c(C)n(C)n(-c4ccccc4)c3=O)n2N=C(C)c2ccccn2)cc(OC)c1OC. The van der Waals surface area contributed by atoms with E-state index in [0.29, 0.717) is 33.4 Å². The quantitative estimate of drug-likeness (QED) is 0.246. The predicted octanol–water partition coefficient (Wildman–Crippen LogP) is 4.94. The first-order valence-electron chi connectivity index (χ1n) is 12.7. The van der Waals surface area contributed by atoms with Gasteiger partial charge in [-0.2, -0.15) is 5.10 Å². The fraction of sp³-hybridized carbons (Fsp3) is 0.200. The minimum Gasteiger partial charge on any atom is -0.493 e. The minimum absolute atomic E-state index is 0.226. The normalized spacial score (nSPS) is 12.0. The lowest BCUT2D eigenvalue weighted by molar-refractivity contribution is 0.324. The fourth-order valence-electron chi connectivity index (χ4n) is 4.46. The lowest BCUT2D eigenvalue weighted by Gasteiger charge is -2.14. The van der Waals surface area contributed by atoms with Crippen molar-refractivity contribution in [1.82, 2.24) is 19.0 Å². The maximum Gasteiger partial charge on any atom is 0.297 e. The number of aromatic nitrogens is 4. The molecule has 0 atom stereocenters. The Bertz CT molecular complexity index is 1820. The second-order valence-electron chi connectivity index (χ2n) is 9.05. The van der Waals surface area contributed by atoms with Gasteiger partial charge in [0.1, 0.15) is 0 Å². The molecular weight excluding hydrogens is 540 g/mol. The van der Waals surface area contributed by atoms with Gasteiger partial charge in [0.25, 0.3) is 5.56 Å². The molecule has 210 valence electrons. The molecule has 0 N–H and O–H groups in total. The predicted molar refractivity (Wildman–Crippen MR) is 160 cm³/mol. The van der Waals surface area contributed by atoms with Crippen LogP contribution >= 0.6 is 11.3 Å². The van der Waals surface area contributed by atoms with E-state index in [1.54, 1.807) is 41.6 Å². The van der Waals surface area contributed by atoms with E-state index in [1.165, 1.54) is 11.3 Å². The highest BCUT2D eigenvalue weighted by Gasteiger charge is 2.19. The molecule has 3 aromatic heterocycles. The summed E-state index contributed by atoms with van der Waals surface area (Å²) < 4.78 is 21.8. The third-order valence-corrected chi connectivity index (χ3v) is 7.48. The minimum atomic E-state index is -0.226. The van der Waals surface area contributed by atoms with Gasteiger partial charge in [0, 0.05) is 24.2 Å². The van der Waals surface area contributed by atoms with Gasteiger partial charge in [0.15, 0.2) is 17.2 Å².